The van der Waals surface area contributed by atoms with Gasteiger partial charge in [0.15, 0.2) is 16.6 Å². The predicted molar refractivity (Wildman–Crippen MR) is 178 cm³/mol. The Kier molecular flexibility index (Phi) is 10.3. The van der Waals surface area contributed by atoms with Crippen LogP contribution < -0.4 is 0 Å². The number of hydrogen-bond donors (Lipinski definition) is 0. The highest BCUT2D eigenvalue weighted by molar-refractivity contribution is 6.74. The number of carbonyl (C=O) groups is 1. The molecule has 0 aromatic heterocycles. The first-order valence-corrected chi connectivity index (χ1v) is 22.0. The van der Waals surface area contributed by atoms with Gasteiger partial charge in [-0.25, -0.2) is 0 Å². The lowest BCUT2D eigenvalue weighted by molar-refractivity contribution is -0.150. The maximum atomic E-state index is 11.7. The Balaban J connectivity index is 1.91. The van der Waals surface area contributed by atoms with E-state index in [1.807, 2.05) is 0 Å². The van der Waals surface area contributed by atoms with Crippen LogP contribution in [0.25, 0.3) is 0 Å². The van der Waals surface area contributed by atoms with Gasteiger partial charge in [-0.05, 0) is 105 Å². The summed E-state index contributed by atoms with van der Waals surface area (Å²) in [6, 6.07) is 0. The Morgan fingerprint density at radius 2 is 1.46 bits per heavy atom. The van der Waals surface area contributed by atoms with Gasteiger partial charge in [0.25, 0.3) is 0 Å². The zero-order valence-corrected chi connectivity index (χ0v) is 30.8. The molecule has 3 fully saturated rings. The lowest BCUT2D eigenvalue weighted by atomic mass is 9.62. The van der Waals surface area contributed by atoms with Crippen molar-refractivity contribution in [2.75, 3.05) is 0 Å². The van der Waals surface area contributed by atoms with Crippen LogP contribution in [0.15, 0.2) is 35.5 Å². The first kappa shape index (κ1) is 34.5. The number of esters is 1. The molecule has 6 atom stereocenters. The summed E-state index contributed by atoms with van der Waals surface area (Å²) in [6.07, 6.45) is 12.6. The molecular weight excluding hydrogens is 541 g/mol. The van der Waals surface area contributed by atoms with Crippen molar-refractivity contribution in [1.29, 1.82) is 0 Å². The Bertz CT molecular complexity index is 999. The van der Waals surface area contributed by atoms with Crippen molar-refractivity contribution < 1.29 is 18.4 Å². The molecule has 0 aromatic carbocycles. The smallest absolute Gasteiger partial charge is 0.302 e. The summed E-state index contributed by atoms with van der Waals surface area (Å²) in [5.74, 6) is 0.826. The fourth-order valence-corrected chi connectivity index (χ4v) is 9.68. The largest absolute Gasteiger partial charge is 0.463 e. The Morgan fingerprint density at radius 1 is 0.951 bits per heavy atom. The van der Waals surface area contributed by atoms with Gasteiger partial charge < -0.3 is 13.6 Å². The number of hydrogen-bond acceptors (Lipinski definition) is 4. The molecule has 0 N–H and O–H groups in total. The molecule has 6 heteroatoms. The SMILES string of the molecule is C=C1[C@H](O[Si](C)(C)C(C)(C)C)CC(=C/C=C2\CCC[C@]3(C)[C@@H]([C@H](C)OC(C)=O)CC[C@@H]23)C[C@H]1O[Si](C)(C)C(C)(C)C. The standard InChI is InChI=1S/C35H62O4Si2/c1-24-31(38-40(11,12)33(4,5)6)22-27(23-32(24)39-41(13,14)34(7,8)9)17-18-28-16-15-21-35(10)29(19-20-30(28)35)25(2)37-26(3)36/h17-18,25,29-32H,1,15-16,19-23H2,2-14H3/b28-18+/t25-,29+,30-,31+,32+,35+/m0/s1. The topological polar surface area (TPSA) is 44.8 Å². The number of fused-ring (bicyclic) bond motifs is 1. The molecule has 3 saturated carbocycles. The number of carbonyl (C=O) groups excluding carboxylic acids is 1. The second-order valence-corrected chi connectivity index (χ2v) is 26.2. The van der Waals surface area contributed by atoms with Crippen molar-refractivity contribution in [2.45, 2.75) is 162 Å². The van der Waals surface area contributed by atoms with Crippen LogP contribution in [0.5, 0.6) is 0 Å². The van der Waals surface area contributed by atoms with Gasteiger partial charge in [-0.15, -0.1) is 0 Å². The van der Waals surface area contributed by atoms with Gasteiger partial charge in [-0.1, -0.05) is 78.3 Å². The molecule has 3 rings (SSSR count). The number of allylic oxidation sites excluding steroid dienone is 3. The molecule has 0 unspecified atom stereocenters. The summed E-state index contributed by atoms with van der Waals surface area (Å²) >= 11 is 0. The van der Waals surface area contributed by atoms with Crippen molar-refractivity contribution in [3.63, 3.8) is 0 Å². The van der Waals surface area contributed by atoms with E-state index in [2.05, 4.69) is 100 Å². The van der Waals surface area contributed by atoms with Crippen LogP contribution in [0.1, 0.15) is 107 Å². The maximum Gasteiger partial charge on any atom is 0.302 e. The normalized spacial score (nSPS) is 31.7. The van der Waals surface area contributed by atoms with E-state index < -0.39 is 16.6 Å². The van der Waals surface area contributed by atoms with Crippen LogP contribution in [-0.4, -0.2) is 40.9 Å². The predicted octanol–water partition coefficient (Wildman–Crippen LogP) is 10.1. The molecule has 41 heavy (non-hydrogen) atoms. The first-order chi connectivity index (χ1) is 18.6. The van der Waals surface area contributed by atoms with Crippen LogP contribution in [0.3, 0.4) is 0 Å². The fourth-order valence-electron chi connectivity index (χ4n) is 7.08. The lowest BCUT2D eigenvalue weighted by Crippen LogP contribution is -2.49. The van der Waals surface area contributed by atoms with E-state index in [1.165, 1.54) is 38.2 Å². The molecule has 0 bridgehead atoms. The van der Waals surface area contributed by atoms with Crippen molar-refractivity contribution in [3.05, 3.63) is 35.5 Å². The monoisotopic (exact) mass is 602 g/mol. The minimum Gasteiger partial charge on any atom is -0.463 e. The molecule has 0 aromatic rings. The highest BCUT2D eigenvalue weighted by Crippen LogP contribution is 2.58. The lowest BCUT2D eigenvalue weighted by Gasteiger charge is -2.46. The summed E-state index contributed by atoms with van der Waals surface area (Å²) in [5, 5.41) is 0.280. The minimum absolute atomic E-state index is 0.00104. The van der Waals surface area contributed by atoms with Crippen molar-refractivity contribution in [3.8, 4) is 0 Å². The van der Waals surface area contributed by atoms with Crippen molar-refractivity contribution >= 4 is 22.6 Å². The number of rotatable bonds is 7. The van der Waals surface area contributed by atoms with E-state index in [-0.39, 0.29) is 39.8 Å². The van der Waals surface area contributed by atoms with Gasteiger partial charge in [0.05, 0.1) is 12.2 Å². The Hall–Kier alpha value is -0.956. The van der Waals surface area contributed by atoms with E-state index in [1.54, 1.807) is 5.57 Å². The summed E-state index contributed by atoms with van der Waals surface area (Å²) in [5.41, 5.74) is 4.33. The van der Waals surface area contributed by atoms with Crippen molar-refractivity contribution in [1.82, 2.24) is 0 Å². The van der Waals surface area contributed by atoms with Crippen LogP contribution in [0.4, 0.5) is 0 Å². The highest BCUT2D eigenvalue weighted by Gasteiger charge is 2.52. The molecule has 4 nitrogen and oxygen atoms in total. The fraction of sp³-hybridized carbons (Fsp3) is 0.800. The molecule has 3 aliphatic carbocycles. The van der Waals surface area contributed by atoms with Gasteiger partial charge in [-0.3, -0.25) is 4.79 Å². The van der Waals surface area contributed by atoms with E-state index in [0.29, 0.717) is 11.8 Å². The van der Waals surface area contributed by atoms with Gasteiger partial charge in [0.2, 0.25) is 0 Å². The van der Waals surface area contributed by atoms with Gasteiger partial charge >= 0.3 is 5.97 Å². The molecule has 0 aliphatic heterocycles. The third kappa shape index (κ3) is 7.59. The van der Waals surface area contributed by atoms with E-state index in [0.717, 1.165) is 24.8 Å². The summed E-state index contributed by atoms with van der Waals surface area (Å²) in [4.78, 5) is 11.7. The van der Waals surface area contributed by atoms with Gasteiger partial charge in [-0.2, -0.15) is 0 Å². The second-order valence-electron chi connectivity index (χ2n) is 16.7. The molecule has 234 valence electrons. The Morgan fingerprint density at radius 3 is 1.93 bits per heavy atom. The quantitative estimate of drug-likeness (QED) is 0.165. The minimum atomic E-state index is -1.99. The van der Waals surface area contributed by atoms with Crippen LogP contribution in [-0.2, 0) is 18.4 Å². The van der Waals surface area contributed by atoms with E-state index in [4.69, 9.17) is 13.6 Å². The molecule has 0 spiro atoms. The Labute approximate surface area is 255 Å². The van der Waals surface area contributed by atoms with Gasteiger partial charge in [0.1, 0.15) is 6.10 Å². The van der Waals surface area contributed by atoms with Crippen LogP contribution >= 0.6 is 0 Å². The molecule has 0 radical (unpaired) electrons. The molecular formula is C35H62O4Si2. The van der Waals surface area contributed by atoms with Crippen LogP contribution in [0, 0.1) is 17.3 Å². The molecule has 0 heterocycles. The van der Waals surface area contributed by atoms with Crippen LogP contribution in [0.2, 0.25) is 36.3 Å². The average molecular weight is 603 g/mol. The highest BCUT2D eigenvalue weighted by atomic mass is 28.4. The van der Waals surface area contributed by atoms with Crippen molar-refractivity contribution in [2.24, 2.45) is 17.3 Å². The van der Waals surface area contributed by atoms with E-state index in [9.17, 15) is 4.79 Å². The zero-order chi connectivity index (χ0) is 31.2. The molecule has 0 amide bonds. The third-order valence-corrected chi connectivity index (χ3v) is 20.7. The maximum absolute atomic E-state index is 11.7. The average Bonchev–Trinajstić information content (AvgIpc) is 3.15. The van der Waals surface area contributed by atoms with Gasteiger partial charge in [0, 0.05) is 12.8 Å². The second kappa shape index (κ2) is 12.2. The summed E-state index contributed by atoms with van der Waals surface area (Å²) in [6.45, 7) is 34.0. The van der Waals surface area contributed by atoms with E-state index >= 15 is 0 Å². The molecule has 0 saturated heterocycles. The number of ether oxygens (including phenoxy) is 1. The first-order valence-electron chi connectivity index (χ1n) is 16.2. The molecule has 3 aliphatic rings. The zero-order valence-electron chi connectivity index (χ0n) is 28.8. The summed E-state index contributed by atoms with van der Waals surface area (Å²) < 4.78 is 19.8. The summed E-state index contributed by atoms with van der Waals surface area (Å²) in [7, 11) is -3.97. The third-order valence-electron chi connectivity index (χ3n) is 11.7.